The third-order valence-electron chi connectivity index (χ3n) is 7.62. The molecule has 3 heterocycles. The van der Waals surface area contributed by atoms with Crippen molar-refractivity contribution in [1.82, 2.24) is 14.5 Å². The van der Waals surface area contributed by atoms with Crippen molar-refractivity contribution in [3.05, 3.63) is 47.8 Å². The second kappa shape index (κ2) is 10.8. The second-order valence-corrected chi connectivity index (χ2v) is 9.65. The van der Waals surface area contributed by atoms with E-state index in [-0.39, 0.29) is 5.91 Å². The molecule has 0 spiro atoms. The van der Waals surface area contributed by atoms with E-state index >= 15 is 0 Å². The van der Waals surface area contributed by atoms with Crippen LogP contribution in [0.5, 0.6) is 17.2 Å². The second-order valence-electron chi connectivity index (χ2n) is 9.65. The van der Waals surface area contributed by atoms with Gasteiger partial charge in [0.2, 0.25) is 5.75 Å². The molecule has 1 aromatic carbocycles. The number of amides is 1. The summed E-state index contributed by atoms with van der Waals surface area (Å²) >= 11 is 0. The van der Waals surface area contributed by atoms with Gasteiger partial charge >= 0.3 is 0 Å². The summed E-state index contributed by atoms with van der Waals surface area (Å²) in [5, 5.41) is 0. The van der Waals surface area contributed by atoms with E-state index < -0.39 is 0 Å². The molecule has 36 heavy (non-hydrogen) atoms. The molecule has 8 heteroatoms. The molecule has 5 rings (SSSR count). The number of nitrogens with zero attached hydrogens (tertiary/aromatic N) is 3. The topological polar surface area (TPSA) is 75.1 Å². The first-order valence-electron chi connectivity index (χ1n) is 12.7. The van der Waals surface area contributed by atoms with Gasteiger partial charge in [-0.1, -0.05) is 0 Å². The third-order valence-corrected chi connectivity index (χ3v) is 7.62. The van der Waals surface area contributed by atoms with Crippen LogP contribution in [0.15, 0.2) is 36.7 Å². The molecule has 1 saturated heterocycles. The zero-order valence-corrected chi connectivity index (χ0v) is 21.4. The molecule has 2 aromatic heterocycles. The SMILES string of the molecule is COc1cc(C2CCC(Cn3cc(C(=O)N4CCOCC4)c4ncccc43)CC2)cc(OC)c1OC. The van der Waals surface area contributed by atoms with Crippen molar-refractivity contribution >= 4 is 16.9 Å². The highest BCUT2D eigenvalue weighted by molar-refractivity contribution is 6.05. The molecule has 1 amide bonds. The molecule has 0 unspecified atom stereocenters. The minimum Gasteiger partial charge on any atom is -0.493 e. The Bertz CT molecular complexity index is 1180. The molecule has 192 valence electrons. The van der Waals surface area contributed by atoms with E-state index in [1.807, 2.05) is 17.2 Å². The van der Waals surface area contributed by atoms with Crippen LogP contribution in [-0.2, 0) is 11.3 Å². The summed E-state index contributed by atoms with van der Waals surface area (Å²) in [7, 11) is 4.95. The average Bonchev–Trinajstić information content (AvgIpc) is 3.30. The van der Waals surface area contributed by atoms with Crippen LogP contribution in [0.3, 0.4) is 0 Å². The Kier molecular flexibility index (Phi) is 7.32. The van der Waals surface area contributed by atoms with Gasteiger partial charge in [0.25, 0.3) is 5.91 Å². The maximum atomic E-state index is 13.3. The Morgan fingerprint density at radius 1 is 1.03 bits per heavy atom. The Morgan fingerprint density at radius 3 is 2.36 bits per heavy atom. The van der Waals surface area contributed by atoms with Gasteiger partial charge in [0.1, 0.15) is 5.52 Å². The monoisotopic (exact) mass is 493 g/mol. The predicted molar refractivity (Wildman–Crippen MR) is 137 cm³/mol. The van der Waals surface area contributed by atoms with Crippen molar-refractivity contribution in [2.75, 3.05) is 47.6 Å². The van der Waals surface area contributed by atoms with Crippen molar-refractivity contribution in [1.29, 1.82) is 0 Å². The van der Waals surface area contributed by atoms with Gasteiger partial charge in [0, 0.05) is 32.0 Å². The lowest BCUT2D eigenvalue weighted by Crippen LogP contribution is -2.40. The number of aromatic nitrogens is 2. The summed E-state index contributed by atoms with van der Waals surface area (Å²) in [6, 6.07) is 8.19. The van der Waals surface area contributed by atoms with E-state index in [1.165, 1.54) is 5.56 Å². The first kappa shape index (κ1) is 24.4. The first-order chi connectivity index (χ1) is 17.6. The fourth-order valence-electron chi connectivity index (χ4n) is 5.66. The summed E-state index contributed by atoms with van der Waals surface area (Å²) in [5.74, 6) is 3.09. The van der Waals surface area contributed by atoms with Gasteiger partial charge in [-0.2, -0.15) is 0 Å². The van der Waals surface area contributed by atoms with Crippen LogP contribution >= 0.6 is 0 Å². The molecule has 2 aliphatic rings. The average molecular weight is 494 g/mol. The zero-order chi connectivity index (χ0) is 25.1. The van der Waals surface area contributed by atoms with Gasteiger partial charge in [-0.25, -0.2) is 0 Å². The summed E-state index contributed by atoms with van der Waals surface area (Å²) in [5.41, 5.74) is 3.75. The van der Waals surface area contributed by atoms with Crippen molar-refractivity contribution in [2.24, 2.45) is 5.92 Å². The highest BCUT2D eigenvalue weighted by atomic mass is 16.5. The van der Waals surface area contributed by atoms with E-state index in [9.17, 15) is 4.79 Å². The van der Waals surface area contributed by atoms with Gasteiger partial charge in [0.15, 0.2) is 11.5 Å². The molecule has 8 nitrogen and oxygen atoms in total. The number of rotatable bonds is 7. The Morgan fingerprint density at radius 2 is 1.72 bits per heavy atom. The number of carbonyl (C=O) groups is 1. The molecule has 3 aromatic rings. The number of hydrogen-bond donors (Lipinski definition) is 0. The molecule has 0 atom stereocenters. The van der Waals surface area contributed by atoms with E-state index in [1.54, 1.807) is 27.5 Å². The molecule has 1 aliphatic heterocycles. The fourth-order valence-corrected chi connectivity index (χ4v) is 5.66. The Hall–Kier alpha value is -3.26. The zero-order valence-electron chi connectivity index (χ0n) is 21.4. The molecular weight excluding hydrogens is 458 g/mol. The van der Waals surface area contributed by atoms with Crippen molar-refractivity contribution in [2.45, 2.75) is 38.1 Å². The molecule has 1 saturated carbocycles. The number of benzene rings is 1. The molecular formula is C28H35N3O5. The van der Waals surface area contributed by atoms with Gasteiger partial charge in [-0.15, -0.1) is 0 Å². The van der Waals surface area contributed by atoms with Gasteiger partial charge in [-0.05, 0) is 67.3 Å². The lowest BCUT2D eigenvalue weighted by atomic mass is 9.78. The molecule has 0 N–H and O–H groups in total. The lowest BCUT2D eigenvalue weighted by Gasteiger charge is -2.30. The summed E-state index contributed by atoms with van der Waals surface area (Å²) in [6.07, 6.45) is 8.22. The standard InChI is InChI=1S/C28H35N3O5/c1-33-24-15-21(16-25(34-2)27(24)35-3)20-8-6-19(7-9-20)17-31-18-22(26-23(31)5-4-10-29-26)28(32)30-11-13-36-14-12-30/h4-5,10,15-16,18-20H,6-9,11-14,17H2,1-3H3. The molecule has 0 radical (unpaired) electrons. The third kappa shape index (κ3) is 4.74. The number of methoxy groups -OCH3 is 3. The van der Waals surface area contributed by atoms with Crippen LogP contribution in [0.2, 0.25) is 0 Å². The van der Waals surface area contributed by atoms with E-state index in [0.717, 1.165) is 43.3 Å². The quantitative estimate of drug-likeness (QED) is 0.482. The molecule has 0 bridgehead atoms. The van der Waals surface area contributed by atoms with Crippen LogP contribution in [-0.4, -0.2) is 68.0 Å². The van der Waals surface area contributed by atoms with E-state index in [2.05, 4.69) is 27.8 Å². The summed E-state index contributed by atoms with van der Waals surface area (Å²) in [4.78, 5) is 19.7. The van der Waals surface area contributed by atoms with Gasteiger partial charge in [0.05, 0.1) is 45.6 Å². The summed E-state index contributed by atoms with van der Waals surface area (Å²) < 4.78 is 24.3. The Balaban J connectivity index is 1.30. The number of pyridine rings is 1. The van der Waals surface area contributed by atoms with Crippen LogP contribution in [0.25, 0.3) is 11.0 Å². The lowest BCUT2D eigenvalue weighted by molar-refractivity contribution is 0.0304. The van der Waals surface area contributed by atoms with Crippen molar-refractivity contribution < 1.29 is 23.7 Å². The van der Waals surface area contributed by atoms with E-state index in [4.69, 9.17) is 18.9 Å². The largest absolute Gasteiger partial charge is 0.493 e. The minimum absolute atomic E-state index is 0.0480. The minimum atomic E-state index is 0.0480. The van der Waals surface area contributed by atoms with Gasteiger partial charge in [-0.3, -0.25) is 9.78 Å². The predicted octanol–water partition coefficient (Wildman–Crippen LogP) is 4.51. The van der Waals surface area contributed by atoms with Crippen molar-refractivity contribution in [3.8, 4) is 17.2 Å². The number of hydrogen-bond acceptors (Lipinski definition) is 6. The fraction of sp³-hybridized carbons (Fsp3) is 0.500. The number of morpholine rings is 1. The van der Waals surface area contributed by atoms with Crippen molar-refractivity contribution in [3.63, 3.8) is 0 Å². The van der Waals surface area contributed by atoms with E-state index in [0.29, 0.717) is 61.0 Å². The highest BCUT2D eigenvalue weighted by Crippen LogP contribution is 2.44. The van der Waals surface area contributed by atoms with Crippen LogP contribution in [0.4, 0.5) is 0 Å². The molecule has 2 fully saturated rings. The highest BCUT2D eigenvalue weighted by Gasteiger charge is 2.27. The number of fused-ring (bicyclic) bond motifs is 1. The van der Waals surface area contributed by atoms with Crippen LogP contribution in [0, 0.1) is 5.92 Å². The number of ether oxygens (including phenoxy) is 4. The van der Waals surface area contributed by atoms with Crippen LogP contribution < -0.4 is 14.2 Å². The Labute approximate surface area is 212 Å². The number of carbonyl (C=O) groups excluding carboxylic acids is 1. The first-order valence-corrected chi connectivity index (χ1v) is 12.7. The smallest absolute Gasteiger partial charge is 0.257 e. The maximum Gasteiger partial charge on any atom is 0.257 e. The van der Waals surface area contributed by atoms with Crippen LogP contribution in [0.1, 0.15) is 47.5 Å². The summed E-state index contributed by atoms with van der Waals surface area (Å²) in [6.45, 7) is 3.33. The molecule has 1 aliphatic carbocycles. The normalized spacial score (nSPS) is 20.4. The van der Waals surface area contributed by atoms with Gasteiger partial charge < -0.3 is 28.4 Å². The maximum absolute atomic E-state index is 13.3.